The highest BCUT2D eigenvalue weighted by atomic mass is 19.3. The molecule has 2 aromatic heterocycles. The maximum absolute atomic E-state index is 12.1. The quantitative estimate of drug-likeness (QED) is 0.935. The van der Waals surface area contributed by atoms with Gasteiger partial charge in [0.2, 0.25) is 0 Å². The molecule has 2 aromatic rings. The standard InChI is InChI=1S/C14H17F2N3O/c15-14(16)9-20-11-1-2-13-12(7-18-19(13)8-11)10-3-5-17-6-4-10/h1-2,7-8,10,14,17H,3-6,9H2. The van der Waals surface area contributed by atoms with Crippen LogP contribution in [0, 0.1) is 0 Å². The lowest BCUT2D eigenvalue weighted by atomic mass is 9.91. The molecule has 0 aromatic carbocycles. The molecule has 0 spiro atoms. The fourth-order valence-electron chi connectivity index (χ4n) is 2.68. The van der Waals surface area contributed by atoms with Crippen LogP contribution in [0.2, 0.25) is 0 Å². The Morgan fingerprint density at radius 2 is 2.15 bits per heavy atom. The predicted molar refractivity (Wildman–Crippen MR) is 71.5 cm³/mol. The van der Waals surface area contributed by atoms with E-state index in [2.05, 4.69) is 10.4 Å². The molecule has 6 heteroatoms. The molecule has 1 N–H and O–H groups in total. The monoisotopic (exact) mass is 281 g/mol. The van der Waals surface area contributed by atoms with Crippen LogP contribution < -0.4 is 10.1 Å². The maximum Gasteiger partial charge on any atom is 0.272 e. The molecular weight excluding hydrogens is 264 g/mol. The van der Waals surface area contributed by atoms with E-state index >= 15 is 0 Å². The van der Waals surface area contributed by atoms with Gasteiger partial charge in [-0.15, -0.1) is 0 Å². The van der Waals surface area contributed by atoms with Gasteiger partial charge in [-0.2, -0.15) is 5.10 Å². The molecule has 1 fully saturated rings. The molecule has 0 aliphatic carbocycles. The number of alkyl halides is 2. The van der Waals surface area contributed by atoms with Gasteiger partial charge in [0.05, 0.1) is 17.9 Å². The summed E-state index contributed by atoms with van der Waals surface area (Å²) in [7, 11) is 0. The molecule has 0 bridgehead atoms. The number of nitrogens with one attached hydrogen (secondary N) is 1. The van der Waals surface area contributed by atoms with Gasteiger partial charge >= 0.3 is 0 Å². The zero-order valence-electron chi connectivity index (χ0n) is 11.1. The summed E-state index contributed by atoms with van der Waals surface area (Å²) >= 11 is 0. The number of halogens is 2. The third kappa shape index (κ3) is 2.75. The Bertz CT molecular complexity index is 579. The molecular formula is C14H17F2N3O. The molecule has 20 heavy (non-hydrogen) atoms. The number of rotatable bonds is 4. The number of hydrogen-bond donors (Lipinski definition) is 1. The number of hydrogen-bond acceptors (Lipinski definition) is 3. The second-order valence-electron chi connectivity index (χ2n) is 5.02. The van der Waals surface area contributed by atoms with E-state index in [0.717, 1.165) is 31.4 Å². The van der Waals surface area contributed by atoms with Crippen LogP contribution in [-0.4, -0.2) is 35.7 Å². The maximum atomic E-state index is 12.1. The lowest BCUT2D eigenvalue weighted by molar-refractivity contribution is 0.0816. The van der Waals surface area contributed by atoms with Gasteiger partial charge in [-0.25, -0.2) is 13.3 Å². The molecule has 1 saturated heterocycles. The first-order valence-electron chi connectivity index (χ1n) is 6.83. The van der Waals surface area contributed by atoms with Crippen molar-refractivity contribution in [3.8, 4) is 5.75 Å². The lowest BCUT2D eigenvalue weighted by Crippen LogP contribution is -2.26. The summed E-state index contributed by atoms with van der Waals surface area (Å²) in [5, 5.41) is 7.65. The van der Waals surface area contributed by atoms with Gasteiger partial charge in [0.25, 0.3) is 6.43 Å². The average Bonchev–Trinajstić information content (AvgIpc) is 2.89. The van der Waals surface area contributed by atoms with Crippen molar-refractivity contribution in [2.45, 2.75) is 25.2 Å². The molecule has 108 valence electrons. The number of fused-ring (bicyclic) bond motifs is 1. The van der Waals surface area contributed by atoms with Crippen molar-refractivity contribution in [1.82, 2.24) is 14.9 Å². The van der Waals surface area contributed by atoms with Gasteiger partial charge in [-0.05, 0) is 44.0 Å². The topological polar surface area (TPSA) is 38.6 Å². The molecule has 1 aliphatic heterocycles. The first kappa shape index (κ1) is 13.3. The minimum atomic E-state index is -2.46. The van der Waals surface area contributed by atoms with Crippen LogP contribution in [0.15, 0.2) is 24.5 Å². The number of ether oxygens (including phenoxy) is 1. The van der Waals surface area contributed by atoms with E-state index in [1.165, 1.54) is 5.56 Å². The smallest absolute Gasteiger partial charge is 0.272 e. The van der Waals surface area contributed by atoms with E-state index in [1.807, 2.05) is 12.3 Å². The second-order valence-corrected chi connectivity index (χ2v) is 5.02. The molecule has 3 heterocycles. The van der Waals surface area contributed by atoms with Crippen LogP contribution in [0.25, 0.3) is 5.52 Å². The third-order valence-electron chi connectivity index (χ3n) is 3.67. The molecule has 0 atom stereocenters. The summed E-state index contributed by atoms with van der Waals surface area (Å²) in [6, 6.07) is 3.62. The highest BCUT2D eigenvalue weighted by molar-refractivity contribution is 5.56. The SMILES string of the molecule is FC(F)COc1ccc2c(C3CCNCC3)cnn2c1. The minimum Gasteiger partial charge on any atom is -0.486 e. The van der Waals surface area contributed by atoms with Crippen LogP contribution in [0.1, 0.15) is 24.3 Å². The van der Waals surface area contributed by atoms with Gasteiger partial charge < -0.3 is 10.1 Å². The summed E-state index contributed by atoms with van der Waals surface area (Å²) in [5.74, 6) is 0.930. The van der Waals surface area contributed by atoms with Crippen molar-refractivity contribution in [3.05, 3.63) is 30.1 Å². The normalized spacial score (nSPS) is 16.9. The first-order chi connectivity index (χ1) is 9.74. The largest absolute Gasteiger partial charge is 0.486 e. The van der Waals surface area contributed by atoms with E-state index in [1.54, 1.807) is 16.8 Å². The first-order valence-corrected chi connectivity index (χ1v) is 6.83. The van der Waals surface area contributed by atoms with Crippen molar-refractivity contribution in [1.29, 1.82) is 0 Å². The Kier molecular flexibility index (Phi) is 3.82. The Morgan fingerprint density at radius 1 is 1.35 bits per heavy atom. The van der Waals surface area contributed by atoms with E-state index in [-0.39, 0.29) is 0 Å². The average molecular weight is 281 g/mol. The van der Waals surface area contributed by atoms with Crippen LogP contribution >= 0.6 is 0 Å². The zero-order valence-corrected chi connectivity index (χ0v) is 11.1. The lowest BCUT2D eigenvalue weighted by Gasteiger charge is -2.21. The highest BCUT2D eigenvalue weighted by Crippen LogP contribution is 2.29. The third-order valence-corrected chi connectivity index (χ3v) is 3.67. The summed E-state index contributed by atoms with van der Waals surface area (Å²) in [4.78, 5) is 0. The fraction of sp³-hybridized carbons (Fsp3) is 0.500. The predicted octanol–water partition coefficient (Wildman–Crippen LogP) is 2.45. The molecule has 0 saturated carbocycles. The molecule has 1 aliphatic rings. The van der Waals surface area contributed by atoms with E-state index in [4.69, 9.17) is 4.74 Å². The molecule has 0 radical (unpaired) electrons. The van der Waals surface area contributed by atoms with Gasteiger partial charge in [0.1, 0.15) is 12.4 Å². The summed E-state index contributed by atoms with van der Waals surface area (Å²) in [5.41, 5.74) is 2.26. The van der Waals surface area contributed by atoms with Crippen LogP contribution in [0.3, 0.4) is 0 Å². The van der Waals surface area contributed by atoms with Crippen molar-refractivity contribution < 1.29 is 13.5 Å². The molecule has 0 amide bonds. The minimum absolute atomic E-state index is 0.415. The van der Waals surface area contributed by atoms with Gasteiger partial charge in [0, 0.05) is 5.56 Å². The molecule has 4 nitrogen and oxygen atoms in total. The summed E-state index contributed by atoms with van der Waals surface area (Å²) in [6.07, 6.45) is 3.27. The Labute approximate surface area is 115 Å². The fourth-order valence-corrected chi connectivity index (χ4v) is 2.68. The van der Waals surface area contributed by atoms with Crippen molar-refractivity contribution >= 4 is 5.52 Å². The van der Waals surface area contributed by atoms with Crippen molar-refractivity contribution in [2.75, 3.05) is 19.7 Å². The van der Waals surface area contributed by atoms with Gasteiger partial charge in [-0.1, -0.05) is 0 Å². The van der Waals surface area contributed by atoms with Gasteiger partial charge in [0.15, 0.2) is 0 Å². The van der Waals surface area contributed by atoms with Crippen LogP contribution in [-0.2, 0) is 0 Å². The van der Waals surface area contributed by atoms with Crippen molar-refractivity contribution in [3.63, 3.8) is 0 Å². The number of aromatic nitrogens is 2. The Morgan fingerprint density at radius 3 is 2.90 bits per heavy atom. The number of nitrogens with zero attached hydrogens (tertiary/aromatic N) is 2. The number of pyridine rings is 1. The molecule has 3 rings (SSSR count). The summed E-state index contributed by atoms with van der Waals surface area (Å²) < 4.78 is 31.0. The Hall–Kier alpha value is -1.69. The van der Waals surface area contributed by atoms with Crippen LogP contribution in [0.5, 0.6) is 5.75 Å². The summed E-state index contributed by atoms with van der Waals surface area (Å²) in [6.45, 7) is 1.46. The molecule has 0 unspecified atom stereocenters. The van der Waals surface area contributed by atoms with E-state index in [0.29, 0.717) is 11.7 Å². The van der Waals surface area contributed by atoms with E-state index in [9.17, 15) is 8.78 Å². The van der Waals surface area contributed by atoms with Crippen molar-refractivity contribution in [2.24, 2.45) is 0 Å². The number of piperidine rings is 1. The zero-order chi connectivity index (χ0) is 13.9. The van der Waals surface area contributed by atoms with E-state index < -0.39 is 13.0 Å². The van der Waals surface area contributed by atoms with Crippen LogP contribution in [0.4, 0.5) is 8.78 Å². The second kappa shape index (κ2) is 5.75. The Balaban J connectivity index is 1.82. The highest BCUT2D eigenvalue weighted by Gasteiger charge is 2.19. The van der Waals surface area contributed by atoms with Gasteiger partial charge in [-0.3, -0.25) is 0 Å².